The molecular formula is C28H29F6N5O4. The van der Waals surface area contributed by atoms with Gasteiger partial charge < -0.3 is 30.8 Å². The van der Waals surface area contributed by atoms with Crippen LogP contribution in [0.4, 0.5) is 38.0 Å². The van der Waals surface area contributed by atoms with Gasteiger partial charge in [0, 0.05) is 18.7 Å². The van der Waals surface area contributed by atoms with Gasteiger partial charge in [0.2, 0.25) is 5.95 Å². The third-order valence-corrected chi connectivity index (χ3v) is 7.81. The number of alkyl halides is 6. The fourth-order valence-electron chi connectivity index (χ4n) is 5.14. The number of rotatable bonds is 8. The van der Waals surface area contributed by atoms with Crippen molar-refractivity contribution in [3.05, 3.63) is 47.0 Å². The number of nitrogens with zero attached hydrogens (tertiary/aromatic N) is 1. The lowest BCUT2D eigenvalue weighted by atomic mass is 9.85. The zero-order valence-corrected chi connectivity index (χ0v) is 22.9. The molecule has 0 saturated heterocycles. The highest BCUT2D eigenvalue weighted by Crippen LogP contribution is 2.39. The molecule has 5 N–H and O–H groups in total. The van der Waals surface area contributed by atoms with Gasteiger partial charge in [-0.3, -0.25) is 9.59 Å². The molecule has 0 atom stereocenters. The third-order valence-electron chi connectivity index (χ3n) is 7.81. The number of carbonyl (C=O) groups is 2. The molecule has 43 heavy (non-hydrogen) atoms. The monoisotopic (exact) mass is 613 g/mol. The van der Waals surface area contributed by atoms with E-state index in [9.17, 15) is 41.0 Å². The van der Waals surface area contributed by atoms with Crippen LogP contribution in [0, 0.1) is 5.92 Å². The quantitative estimate of drug-likeness (QED) is 0.219. The number of hydrogen-bond acceptors (Lipinski definition) is 6. The van der Waals surface area contributed by atoms with Gasteiger partial charge in [-0.15, -0.1) is 0 Å². The zero-order valence-electron chi connectivity index (χ0n) is 22.9. The summed E-state index contributed by atoms with van der Waals surface area (Å²) in [7, 11) is 1.32. The molecule has 2 aliphatic carbocycles. The van der Waals surface area contributed by atoms with E-state index in [2.05, 4.69) is 25.9 Å². The smallest absolute Gasteiger partial charge is 0.418 e. The van der Waals surface area contributed by atoms with Crippen LogP contribution < -0.4 is 20.7 Å². The van der Waals surface area contributed by atoms with Crippen molar-refractivity contribution in [2.75, 3.05) is 12.4 Å². The summed E-state index contributed by atoms with van der Waals surface area (Å²) in [5.74, 6) is -2.50. The van der Waals surface area contributed by atoms with Gasteiger partial charge in [-0.25, -0.2) is 4.98 Å². The fraction of sp³-hybridized carbons (Fsp3) is 0.464. The van der Waals surface area contributed by atoms with E-state index in [4.69, 9.17) is 4.74 Å². The van der Waals surface area contributed by atoms with Crippen molar-refractivity contribution in [2.45, 2.75) is 69.1 Å². The summed E-state index contributed by atoms with van der Waals surface area (Å²) in [5.41, 5.74) is -1.77. The molecule has 0 spiro atoms. The first-order chi connectivity index (χ1) is 20.2. The molecule has 2 aromatic carbocycles. The highest BCUT2D eigenvalue weighted by atomic mass is 19.4. The maximum absolute atomic E-state index is 13.8. The molecule has 2 fully saturated rings. The number of aromatic nitrogens is 2. The lowest BCUT2D eigenvalue weighted by molar-refractivity contribution is -0.182. The number of hydrogen-bond donors (Lipinski definition) is 5. The highest BCUT2D eigenvalue weighted by molar-refractivity contribution is 6.01. The number of benzene rings is 2. The number of aromatic amines is 1. The molecule has 2 aliphatic rings. The van der Waals surface area contributed by atoms with Crippen molar-refractivity contribution in [1.82, 2.24) is 20.6 Å². The van der Waals surface area contributed by atoms with Gasteiger partial charge in [0.05, 0.1) is 40.9 Å². The lowest BCUT2D eigenvalue weighted by Crippen LogP contribution is -2.40. The summed E-state index contributed by atoms with van der Waals surface area (Å²) in [5, 5.41) is 17.8. The molecule has 232 valence electrons. The topological polar surface area (TPSA) is 128 Å². The van der Waals surface area contributed by atoms with Crippen molar-refractivity contribution in [3.8, 4) is 5.75 Å². The second kappa shape index (κ2) is 11.2. The Morgan fingerprint density at radius 3 is 2.37 bits per heavy atom. The first-order valence-corrected chi connectivity index (χ1v) is 13.6. The van der Waals surface area contributed by atoms with Gasteiger partial charge >= 0.3 is 12.4 Å². The average Bonchev–Trinajstić information content (AvgIpc) is 3.57. The summed E-state index contributed by atoms with van der Waals surface area (Å²) in [4.78, 5) is 32.2. The maximum Gasteiger partial charge on any atom is 0.418 e. The van der Waals surface area contributed by atoms with Gasteiger partial charge in [-0.1, -0.05) is 6.07 Å². The molecule has 1 heterocycles. The van der Waals surface area contributed by atoms with E-state index >= 15 is 0 Å². The minimum atomic E-state index is -4.72. The Hall–Kier alpha value is -4.01. The first kappa shape index (κ1) is 30.4. The molecule has 9 nitrogen and oxygen atoms in total. The van der Waals surface area contributed by atoms with E-state index < -0.39 is 47.3 Å². The van der Waals surface area contributed by atoms with Gasteiger partial charge in [0.15, 0.2) is 0 Å². The largest absolute Gasteiger partial charge is 0.496 e. The van der Waals surface area contributed by atoms with E-state index in [0.29, 0.717) is 23.9 Å². The number of halogens is 6. The normalized spacial score (nSPS) is 20.0. The van der Waals surface area contributed by atoms with Gasteiger partial charge in [-0.2, -0.15) is 26.3 Å². The lowest BCUT2D eigenvalue weighted by Gasteiger charge is -2.30. The molecule has 1 aromatic heterocycles. The average molecular weight is 614 g/mol. The van der Waals surface area contributed by atoms with Crippen molar-refractivity contribution in [3.63, 3.8) is 0 Å². The van der Waals surface area contributed by atoms with Crippen molar-refractivity contribution in [1.29, 1.82) is 0 Å². The Bertz CT molecular complexity index is 1520. The van der Waals surface area contributed by atoms with E-state index in [1.165, 1.54) is 31.4 Å². The first-order valence-electron chi connectivity index (χ1n) is 13.6. The highest BCUT2D eigenvalue weighted by Gasteiger charge is 2.48. The standard InChI is InChI=1S/C28H29F6N5O4/c1-43-22-12-21-20(11-17(22)23(40)36-16-5-3-15(4-6-16)27(29,30)31)38-25(39-21)37-19-10-14(2-7-18(19)28(32,33)34)13-35-24(41)26(42)8-9-26/h2,7,10-12,15-16,42H,3-6,8-9,13H2,1H3,(H,35,41)(H,36,40)(H2,37,38,39). The summed E-state index contributed by atoms with van der Waals surface area (Å²) >= 11 is 0. The Balaban J connectivity index is 1.34. The van der Waals surface area contributed by atoms with Crippen LogP contribution >= 0.6 is 0 Å². The van der Waals surface area contributed by atoms with Crippen LogP contribution in [0.1, 0.15) is 60.0 Å². The molecule has 0 bridgehead atoms. The van der Waals surface area contributed by atoms with Crippen molar-refractivity contribution in [2.24, 2.45) is 5.92 Å². The number of imidazole rings is 1. The Morgan fingerprint density at radius 1 is 1.07 bits per heavy atom. The van der Waals surface area contributed by atoms with E-state index in [0.717, 1.165) is 6.07 Å². The Morgan fingerprint density at radius 2 is 1.77 bits per heavy atom. The maximum atomic E-state index is 13.8. The van der Waals surface area contributed by atoms with Crippen LogP contribution in [-0.2, 0) is 17.5 Å². The third kappa shape index (κ3) is 6.81. The molecule has 0 aliphatic heterocycles. The number of aliphatic hydroxyl groups is 1. The number of methoxy groups -OCH3 is 1. The molecule has 15 heteroatoms. The summed E-state index contributed by atoms with van der Waals surface area (Å²) in [6.45, 7) is -0.110. The number of anilines is 2. The van der Waals surface area contributed by atoms with Crippen LogP contribution in [0.25, 0.3) is 11.0 Å². The Labute approximate surface area is 241 Å². The summed E-state index contributed by atoms with van der Waals surface area (Å²) in [6.07, 6.45) is -8.18. The van der Waals surface area contributed by atoms with E-state index in [1.807, 2.05) is 0 Å². The van der Waals surface area contributed by atoms with Crippen LogP contribution in [0.2, 0.25) is 0 Å². The number of H-pyrrole nitrogens is 1. The fourth-order valence-corrected chi connectivity index (χ4v) is 5.14. The molecule has 2 saturated carbocycles. The van der Waals surface area contributed by atoms with Crippen LogP contribution in [0.3, 0.4) is 0 Å². The van der Waals surface area contributed by atoms with Crippen LogP contribution in [0.15, 0.2) is 30.3 Å². The summed E-state index contributed by atoms with van der Waals surface area (Å²) < 4.78 is 85.7. The van der Waals surface area contributed by atoms with Gasteiger partial charge in [0.25, 0.3) is 11.8 Å². The molecule has 2 amide bonds. The number of ether oxygens (including phenoxy) is 1. The van der Waals surface area contributed by atoms with E-state index in [-0.39, 0.29) is 60.7 Å². The van der Waals surface area contributed by atoms with Crippen LogP contribution in [0.5, 0.6) is 5.75 Å². The SMILES string of the molecule is COc1cc2nc(Nc3cc(CNC(=O)C4(O)CC4)ccc3C(F)(F)F)[nH]c2cc1C(=O)NC1CCC(C(F)(F)F)CC1. The van der Waals surface area contributed by atoms with Crippen LogP contribution in [-0.4, -0.2) is 51.8 Å². The Kier molecular flexibility index (Phi) is 7.96. The van der Waals surface area contributed by atoms with Crippen molar-refractivity contribution < 1.29 is 45.8 Å². The van der Waals surface area contributed by atoms with Crippen molar-refractivity contribution >= 4 is 34.5 Å². The molecular weight excluding hydrogens is 584 g/mol. The molecule has 0 unspecified atom stereocenters. The van der Waals surface area contributed by atoms with Gasteiger partial charge in [-0.05, 0) is 62.3 Å². The zero-order chi connectivity index (χ0) is 31.2. The predicted molar refractivity (Wildman–Crippen MR) is 143 cm³/mol. The van der Waals surface area contributed by atoms with Gasteiger partial charge in [0.1, 0.15) is 11.4 Å². The number of nitrogens with one attached hydrogen (secondary N) is 4. The minimum absolute atomic E-state index is 0.0703. The minimum Gasteiger partial charge on any atom is -0.496 e. The second-order valence-corrected chi connectivity index (χ2v) is 10.9. The second-order valence-electron chi connectivity index (χ2n) is 10.9. The molecule has 3 aromatic rings. The number of amides is 2. The number of fused-ring (bicyclic) bond motifs is 1. The van der Waals surface area contributed by atoms with E-state index in [1.54, 1.807) is 0 Å². The number of carbonyl (C=O) groups excluding carboxylic acids is 2. The molecule has 0 radical (unpaired) electrons. The predicted octanol–water partition coefficient (Wildman–Crippen LogP) is 5.33. The summed E-state index contributed by atoms with van der Waals surface area (Å²) in [6, 6.07) is 5.67. The molecule has 5 rings (SSSR count).